The Hall–Kier alpha value is -4.37. The van der Waals surface area contributed by atoms with Crippen molar-refractivity contribution < 1.29 is 14.6 Å². The highest BCUT2D eigenvalue weighted by Gasteiger charge is 2.53. The van der Waals surface area contributed by atoms with Gasteiger partial charge in [0, 0.05) is 17.2 Å². The van der Waals surface area contributed by atoms with Gasteiger partial charge in [-0.3, -0.25) is 0 Å². The molecule has 5 rings (SSSR count). The molecule has 4 aromatic rings. The second kappa shape index (κ2) is 8.29. The van der Waals surface area contributed by atoms with Gasteiger partial charge < -0.3 is 9.84 Å². The SMILES string of the molecule is CCOC1=Nc2ccccc2[N+]1(Cc1ccc(-c2ccccc2-c2nn[nH]n2)cc1)C(=O)O. The zero-order valence-corrected chi connectivity index (χ0v) is 17.8. The van der Waals surface area contributed by atoms with E-state index in [4.69, 9.17) is 4.74 Å². The van der Waals surface area contributed by atoms with Crippen molar-refractivity contribution in [1.29, 1.82) is 0 Å². The van der Waals surface area contributed by atoms with Gasteiger partial charge >= 0.3 is 12.1 Å². The highest BCUT2D eigenvalue weighted by atomic mass is 16.5. The van der Waals surface area contributed by atoms with Crippen LogP contribution >= 0.6 is 0 Å². The van der Waals surface area contributed by atoms with Gasteiger partial charge in [-0.05, 0) is 29.3 Å². The topological polar surface area (TPSA) is 113 Å². The number of ether oxygens (including phenoxy) is 1. The van der Waals surface area contributed by atoms with E-state index in [0.29, 0.717) is 23.8 Å². The molecule has 0 saturated heterocycles. The lowest BCUT2D eigenvalue weighted by atomic mass is 9.98. The van der Waals surface area contributed by atoms with Gasteiger partial charge in [-0.1, -0.05) is 60.7 Å². The number of H-pyrrole nitrogens is 1. The molecule has 0 fully saturated rings. The van der Waals surface area contributed by atoms with Crippen molar-refractivity contribution in [2.45, 2.75) is 13.5 Å². The molecule has 1 unspecified atom stereocenters. The summed E-state index contributed by atoms with van der Waals surface area (Å²) in [5.74, 6) is 0.510. The fraction of sp³-hybridized carbons (Fsp3) is 0.125. The van der Waals surface area contributed by atoms with E-state index < -0.39 is 10.6 Å². The van der Waals surface area contributed by atoms with Gasteiger partial charge in [-0.25, -0.2) is 0 Å². The van der Waals surface area contributed by atoms with Crippen molar-refractivity contribution in [2.24, 2.45) is 4.99 Å². The molecule has 1 aliphatic rings. The average molecular weight is 441 g/mol. The summed E-state index contributed by atoms with van der Waals surface area (Å²) >= 11 is 0. The number of aliphatic imine (C=N–C) groups is 1. The van der Waals surface area contributed by atoms with Crippen LogP contribution in [0.2, 0.25) is 0 Å². The van der Waals surface area contributed by atoms with Crippen molar-refractivity contribution in [3.8, 4) is 22.5 Å². The van der Waals surface area contributed by atoms with E-state index in [1.165, 1.54) is 0 Å². The molecule has 2 N–H and O–H groups in total. The molecule has 1 atom stereocenters. The Morgan fingerprint density at radius 3 is 2.42 bits per heavy atom. The van der Waals surface area contributed by atoms with Crippen LogP contribution in [0.25, 0.3) is 22.5 Å². The summed E-state index contributed by atoms with van der Waals surface area (Å²) in [6.45, 7) is 2.31. The van der Waals surface area contributed by atoms with Gasteiger partial charge in [0.15, 0.2) is 5.69 Å². The fourth-order valence-corrected chi connectivity index (χ4v) is 4.12. The first kappa shape index (κ1) is 20.5. The van der Waals surface area contributed by atoms with Crippen LogP contribution < -0.4 is 4.48 Å². The molecule has 33 heavy (non-hydrogen) atoms. The second-order valence-electron chi connectivity index (χ2n) is 7.54. The van der Waals surface area contributed by atoms with Crippen LogP contribution in [-0.4, -0.2) is 44.5 Å². The van der Waals surface area contributed by atoms with Gasteiger partial charge in [-0.15, -0.1) is 14.7 Å². The molecule has 0 aliphatic carbocycles. The molecule has 0 radical (unpaired) electrons. The molecule has 9 nitrogen and oxygen atoms in total. The number of aromatic nitrogens is 4. The van der Waals surface area contributed by atoms with Crippen LogP contribution in [0.1, 0.15) is 12.5 Å². The van der Waals surface area contributed by atoms with Crippen molar-refractivity contribution in [3.63, 3.8) is 0 Å². The van der Waals surface area contributed by atoms with Crippen LogP contribution in [0.3, 0.4) is 0 Å². The molecule has 0 bridgehead atoms. The molecule has 9 heteroatoms. The van der Waals surface area contributed by atoms with E-state index in [-0.39, 0.29) is 12.6 Å². The monoisotopic (exact) mass is 441 g/mol. The zero-order chi connectivity index (χ0) is 22.8. The molecule has 0 spiro atoms. The number of rotatable bonds is 5. The number of amides is 1. The van der Waals surface area contributed by atoms with Gasteiger partial charge in [0.1, 0.15) is 12.2 Å². The summed E-state index contributed by atoms with van der Waals surface area (Å²) < 4.78 is 5.19. The van der Waals surface area contributed by atoms with Gasteiger partial charge in [0.05, 0.1) is 6.61 Å². The number of nitrogens with zero attached hydrogens (tertiary/aromatic N) is 5. The number of aromatic amines is 1. The lowest BCUT2D eigenvalue weighted by Gasteiger charge is -2.27. The summed E-state index contributed by atoms with van der Waals surface area (Å²) in [5, 5.41) is 24.7. The maximum absolute atomic E-state index is 12.6. The Morgan fingerprint density at radius 1 is 1.00 bits per heavy atom. The third-order valence-corrected chi connectivity index (χ3v) is 5.63. The van der Waals surface area contributed by atoms with E-state index in [1.807, 2.05) is 67.6 Å². The molecule has 1 aliphatic heterocycles. The second-order valence-corrected chi connectivity index (χ2v) is 7.54. The van der Waals surface area contributed by atoms with Crippen molar-refractivity contribution in [3.05, 3.63) is 78.4 Å². The number of carbonyl (C=O) groups is 1. The minimum Gasteiger partial charge on any atom is -0.436 e. The van der Waals surface area contributed by atoms with Gasteiger partial charge in [0.2, 0.25) is 5.82 Å². The summed E-state index contributed by atoms with van der Waals surface area (Å²) in [5.41, 5.74) is 4.79. The zero-order valence-electron chi connectivity index (χ0n) is 17.8. The third-order valence-electron chi connectivity index (χ3n) is 5.63. The van der Waals surface area contributed by atoms with E-state index in [9.17, 15) is 9.90 Å². The summed E-state index contributed by atoms with van der Waals surface area (Å²) in [6, 6.07) is 23.0. The predicted molar refractivity (Wildman–Crippen MR) is 124 cm³/mol. The molecule has 0 saturated carbocycles. The lowest BCUT2D eigenvalue weighted by molar-refractivity contribution is 0.155. The first-order valence-electron chi connectivity index (χ1n) is 10.5. The molecule has 1 aromatic heterocycles. The van der Waals surface area contributed by atoms with E-state index in [0.717, 1.165) is 22.3 Å². The molecular weight excluding hydrogens is 420 g/mol. The normalized spacial score (nSPS) is 16.8. The first-order chi connectivity index (χ1) is 16.1. The molecule has 1 amide bonds. The van der Waals surface area contributed by atoms with E-state index >= 15 is 0 Å². The number of tetrazole rings is 1. The Labute approximate surface area is 189 Å². The number of quaternary nitrogens is 1. The van der Waals surface area contributed by atoms with Crippen molar-refractivity contribution in [1.82, 2.24) is 25.1 Å². The Balaban J connectivity index is 1.52. The number of nitrogens with one attached hydrogen (secondary N) is 1. The number of hydrogen-bond donors (Lipinski definition) is 2. The minimum atomic E-state index is -1.04. The average Bonchev–Trinajstić information content (AvgIpc) is 3.48. The minimum absolute atomic E-state index is 0.165. The highest BCUT2D eigenvalue weighted by Crippen LogP contribution is 2.42. The van der Waals surface area contributed by atoms with Crippen LogP contribution in [0, 0.1) is 0 Å². The first-order valence-corrected chi connectivity index (χ1v) is 10.5. The smallest absolute Gasteiger partial charge is 0.436 e. The summed E-state index contributed by atoms with van der Waals surface area (Å²) in [7, 11) is 0. The predicted octanol–water partition coefficient (Wildman–Crippen LogP) is 4.76. The van der Waals surface area contributed by atoms with Crippen LogP contribution in [0.4, 0.5) is 16.2 Å². The number of amidine groups is 1. The quantitative estimate of drug-likeness (QED) is 0.432. The lowest BCUT2D eigenvalue weighted by Crippen LogP contribution is -2.56. The fourth-order valence-electron chi connectivity index (χ4n) is 4.12. The molecule has 164 valence electrons. The van der Waals surface area contributed by atoms with Crippen molar-refractivity contribution >= 4 is 23.5 Å². The Morgan fingerprint density at radius 2 is 1.73 bits per heavy atom. The van der Waals surface area contributed by atoms with Crippen LogP contribution in [0.5, 0.6) is 0 Å². The third kappa shape index (κ3) is 3.44. The Bertz CT molecular complexity index is 1330. The van der Waals surface area contributed by atoms with Gasteiger partial charge in [0.25, 0.3) is 0 Å². The van der Waals surface area contributed by atoms with Gasteiger partial charge in [-0.2, -0.15) is 15.0 Å². The van der Waals surface area contributed by atoms with Crippen LogP contribution in [-0.2, 0) is 11.3 Å². The number of hydrogen-bond acceptors (Lipinski definition) is 6. The number of carboxylic acid groups (broad SMARTS) is 1. The van der Waals surface area contributed by atoms with Crippen molar-refractivity contribution in [2.75, 3.05) is 6.61 Å². The maximum atomic E-state index is 12.6. The molecule has 3 aromatic carbocycles. The number of benzene rings is 3. The number of fused-ring (bicyclic) bond motifs is 1. The Kier molecular flexibility index (Phi) is 5.15. The largest absolute Gasteiger partial charge is 0.528 e. The standard InChI is InChI=1S/C24H20N6O3/c1-2-33-23-25-20-9-5-6-10-21(20)30(23,24(31)32)15-16-11-13-17(14-12-16)18-7-3-4-8-19(18)22-26-28-29-27-22/h3-14H,2,15H2,1H3,(H-,26,27,28,29,31,32)/p+1. The molecular formula is C24H21N6O3+. The van der Waals surface area contributed by atoms with E-state index in [2.05, 4.69) is 25.6 Å². The summed E-state index contributed by atoms with van der Waals surface area (Å²) in [6.07, 6.45) is -1.04. The number of para-hydroxylation sites is 2. The molecule has 2 heterocycles. The van der Waals surface area contributed by atoms with E-state index in [1.54, 1.807) is 12.1 Å². The maximum Gasteiger partial charge on any atom is 0.528 e. The highest BCUT2D eigenvalue weighted by molar-refractivity contribution is 6.11. The summed E-state index contributed by atoms with van der Waals surface area (Å²) in [4.78, 5) is 17.1. The van der Waals surface area contributed by atoms with Crippen LogP contribution in [0.15, 0.2) is 77.8 Å².